The first-order chi connectivity index (χ1) is 18.9. The number of ether oxygens (including phenoxy) is 2. The third kappa shape index (κ3) is 8.41. The van der Waals surface area contributed by atoms with Crippen LogP contribution in [0.2, 0.25) is 0 Å². The summed E-state index contributed by atoms with van der Waals surface area (Å²) >= 11 is 0. The maximum atomic E-state index is 12.9. The number of piperidine rings is 1. The Morgan fingerprint density at radius 1 is 1.12 bits per heavy atom. The van der Waals surface area contributed by atoms with E-state index < -0.39 is 23.6 Å². The molecule has 0 spiro atoms. The molecule has 0 aliphatic carbocycles. The van der Waals surface area contributed by atoms with Crippen LogP contribution < -0.4 is 16.3 Å². The van der Waals surface area contributed by atoms with Crippen LogP contribution in [0.4, 0.5) is 4.79 Å². The second-order valence-corrected chi connectivity index (χ2v) is 11.1. The average molecular weight is 560 g/mol. The number of hydrogen-bond donors (Lipinski definition) is 2. The van der Waals surface area contributed by atoms with Gasteiger partial charge in [0.2, 0.25) is 17.7 Å². The van der Waals surface area contributed by atoms with E-state index in [1.54, 1.807) is 39.8 Å². The Balaban J connectivity index is 1.38. The molecule has 0 bridgehead atoms. The van der Waals surface area contributed by atoms with Crippen molar-refractivity contribution in [2.75, 3.05) is 33.4 Å². The van der Waals surface area contributed by atoms with Crippen molar-refractivity contribution in [3.63, 3.8) is 0 Å². The first-order valence-electron chi connectivity index (χ1n) is 13.7. The number of hydrogen-bond acceptors (Lipinski definition) is 7. The molecule has 4 amide bonds. The molecule has 2 heterocycles. The summed E-state index contributed by atoms with van der Waals surface area (Å²) in [5, 5.41) is 4.97. The van der Waals surface area contributed by atoms with Gasteiger partial charge in [0.05, 0.1) is 17.6 Å². The van der Waals surface area contributed by atoms with E-state index in [1.807, 2.05) is 18.2 Å². The number of imidazole rings is 1. The Bertz CT molecular complexity index is 1290. The van der Waals surface area contributed by atoms with Gasteiger partial charge in [0, 0.05) is 46.6 Å². The van der Waals surface area contributed by atoms with Gasteiger partial charge in [-0.1, -0.05) is 6.07 Å². The van der Waals surface area contributed by atoms with Gasteiger partial charge < -0.3 is 19.7 Å². The molecule has 3 rings (SSSR count). The van der Waals surface area contributed by atoms with Crippen molar-refractivity contribution >= 4 is 34.8 Å². The summed E-state index contributed by atoms with van der Waals surface area (Å²) in [6.07, 6.45) is 2.37. The van der Waals surface area contributed by atoms with Gasteiger partial charge in [-0.15, -0.1) is 0 Å². The summed E-state index contributed by atoms with van der Waals surface area (Å²) in [4.78, 5) is 62.3. The van der Waals surface area contributed by atoms with Crippen molar-refractivity contribution in [1.82, 2.24) is 24.7 Å². The number of aromatic nitrogens is 2. The smallest absolute Gasteiger partial charge is 0.407 e. The molecule has 2 N–H and O–H groups in total. The molecular formula is C28H41N5O7. The lowest BCUT2D eigenvalue weighted by molar-refractivity contribution is -0.135. The number of amides is 4. The lowest BCUT2D eigenvalue weighted by atomic mass is 10.1. The summed E-state index contributed by atoms with van der Waals surface area (Å²) in [5.41, 5.74) is 1.59. The number of benzene rings is 1. The second-order valence-electron chi connectivity index (χ2n) is 11.1. The lowest BCUT2D eigenvalue weighted by Gasteiger charge is -2.21. The Morgan fingerprint density at radius 3 is 2.58 bits per heavy atom. The van der Waals surface area contributed by atoms with E-state index >= 15 is 0 Å². The van der Waals surface area contributed by atoms with Crippen molar-refractivity contribution in [2.24, 2.45) is 7.05 Å². The normalized spacial score (nSPS) is 15.7. The van der Waals surface area contributed by atoms with Crippen molar-refractivity contribution in [1.29, 1.82) is 0 Å². The van der Waals surface area contributed by atoms with Gasteiger partial charge in [0.1, 0.15) is 11.6 Å². The van der Waals surface area contributed by atoms with E-state index in [1.165, 1.54) is 9.13 Å². The highest BCUT2D eigenvalue weighted by atomic mass is 16.6. The highest BCUT2D eigenvalue weighted by molar-refractivity contribution is 6.00. The minimum Gasteiger partial charge on any atom is -0.444 e. The molecule has 1 atom stereocenters. The number of nitrogens with zero attached hydrogens (tertiary/aromatic N) is 3. The monoisotopic (exact) mass is 559 g/mol. The van der Waals surface area contributed by atoms with Gasteiger partial charge in [-0.2, -0.15) is 0 Å². The summed E-state index contributed by atoms with van der Waals surface area (Å²) in [7, 11) is 3.41. The molecule has 0 saturated carbocycles. The molecule has 1 aromatic carbocycles. The Hall–Kier alpha value is -3.67. The van der Waals surface area contributed by atoms with Crippen LogP contribution in [-0.4, -0.2) is 76.8 Å². The van der Waals surface area contributed by atoms with Gasteiger partial charge in [-0.05, 0) is 64.2 Å². The minimum absolute atomic E-state index is 0.0160. The van der Waals surface area contributed by atoms with Crippen LogP contribution in [0, 0.1) is 0 Å². The topological polar surface area (TPSA) is 141 Å². The van der Waals surface area contributed by atoms with Crippen molar-refractivity contribution < 1.29 is 28.7 Å². The third-order valence-electron chi connectivity index (χ3n) is 6.66. The molecule has 0 radical (unpaired) electrons. The van der Waals surface area contributed by atoms with E-state index in [-0.39, 0.29) is 23.9 Å². The van der Waals surface area contributed by atoms with Gasteiger partial charge in [-0.25, -0.2) is 9.59 Å². The molecule has 40 heavy (non-hydrogen) atoms. The SMILES string of the molecule is CN(CCOCCCc1ccc2c(c1)n(C)c(=O)n2C1CCC(=O)NC1=O)C(=O)CCCNC(=O)OC(C)(C)C. The Kier molecular flexibility index (Phi) is 10.5. The van der Waals surface area contributed by atoms with E-state index in [4.69, 9.17) is 9.47 Å². The number of aryl methyl sites for hydroxylation is 2. The molecule has 1 aromatic heterocycles. The Labute approximate surface area is 234 Å². The number of imide groups is 1. The minimum atomic E-state index is -0.702. The molecule has 1 fully saturated rings. The predicted molar refractivity (Wildman–Crippen MR) is 149 cm³/mol. The molecular weight excluding hydrogens is 518 g/mol. The second kappa shape index (κ2) is 13.6. The predicted octanol–water partition coefficient (Wildman–Crippen LogP) is 2.03. The molecule has 1 unspecified atom stereocenters. The largest absolute Gasteiger partial charge is 0.444 e. The molecule has 1 saturated heterocycles. The van der Waals surface area contributed by atoms with Gasteiger partial charge in [0.15, 0.2) is 0 Å². The molecule has 1 aliphatic rings. The zero-order chi connectivity index (χ0) is 29.4. The maximum absolute atomic E-state index is 12.9. The first kappa shape index (κ1) is 30.9. The summed E-state index contributed by atoms with van der Waals surface area (Å²) in [6.45, 7) is 7.16. The van der Waals surface area contributed by atoms with Crippen LogP contribution in [0.25, 0.3) is 11.0 Å². The number of rotatable bonds is 12. The van der Waals surface area contributed by atoms with Crippen molar-refractivity contribution in [3.8, 4) is 0 Å². The van der Waals surface area contributed by atoms with Gasteiger partial charge >= 0.3 is 11.8 Å². The van der Waals surface area contributed by atoms with E-state index in [0.717, 1.165) is 23.9 Å². The number of nitrogens with one attached hydrogen (secondary N) is 2. The molecule has 12 nitrogen and oxygen atoms in total. The van der Waals surface area contributed by atoms with Crippen LogP contribution in [0.5, 0.6) is 0 Å². The van der Waals surface area contributed by atoms with Gasteiger partial charge in [0.25, 0.3) is 0 Å². The number of alkyl carbamates (subject to hydrolysis) is 1. The zero-order valence-electron chi connectivity index (χ0n) is 24.1. The number of carbonyl (C=O) groups is 4. The first-order valence-corrected chi connectivity index (χ1v) is 13.7. The number of fused-ring (bicyclic) bond motifs is 1. The summed E-state index contributed by atoms with van der Waals surface area (Å²) in [5.74, 6) is -0.783. The third-order valence-corrected chi connectivity index (χ3v) is 6.66. The van der Waals surface area contributed by atoms with Crippen LogP contribution in [-0.2, 0) is 37.3 Å². The van der Waals surface area contributed by atoms with E-state index in [9.17, 15) is 24.0 Å². The molecule has 220 valence electrons. The molecule has 1 aliphatic heterocycles. The maximum Gasteiger partial charge on any atom is 0.407 e. The summed E-state index contributed by atoms with van der Waals surface area (Å²) in [6, 6.07) is 5.03. The van der Waals surface area contributed by atoms with Crippen LogP contribution >= 0.6 is 0 Å². The van der Waals surface area contributed by atoms with Crippen LogP contribution in [0.1, 0.15) is 64.5 Å². The van der Waals surface area contributed by atoms with Crippen molar-refractivity contribution in [3.05, 3.63) is 34.2 Å². The van der Waals surface area contributed by atoms with Gasteiger partial charge in [-0.3, -0.25) is 28.8 Å². The van der Waals surface area contributed by atoms with E-state index in [0.29, 0.717) is 51.1 Å². The lowest BCUT2D eigenvalue weighted by Crippen LogP contribution is -2.44. The van der Waals surface area contributed by atoms with Crippen LogP contribution in [0.15, 0.2) is 23.0 Å². The quantitative estimate of drug-likeness (QED) is 0.299. The number of likely N-dealkylation sites (N-methyl/N-ethyl adjacent to an activating group) is 1. The standard InChI is InChI=1S/C28H41N5O7/c1-28(2,3)40-26(37)29-14-6-9-24(35)31(4)15-17-39-16-7-8-19-10-11-20-22(18-19)32(5)27(38)33(20)21-12-13-23(34)30-25(21)36/h10-11,18,21H,6-9,12-17H2,1-5H3,(H,29,37)(H,30,34,36). The molecule has 12 heteroatoms. The summed E-state index contributed by atoms with van der Waals surface area (Å²) < 4.78 is 13.9. The fraction of sp³-hybridized carbons (Fsp3) is 0.607. The van der Waals surface area contributed by atoms with E-state index in [2.05, 4.69) is 10.6 Å². The Morgan fingerprint density at radius 2 is 1.88 bits per heavy atom. The number of carbonyl (C=O) groups excluding carboxylic acids is 4. The van der Waals surface area contributed by atoms with Crippen LogP contribution in [0.3, 0.4) is 0 Å². The zero-order valence-corrected chi connectivity index (χ0v) is 24.1. The average Bonchev–Trinajstić information content (AvgIpc) is 3.12. The highest BCUT2D eigenvalue weighted by Gasteiger charge is 2.31. The fourth-order valence-corrected chi connectivity index (χ4v) is 4.54. The highest BCUT2D eigenvalue weighted by Crippen LogP contribution is 2.24. The molecule has 2 aromatic rings. The fourth-order valence-electron chi connectivity index (χ4n) is 4.54. The van der Waals surface area contributed by atoms with Crippen molar-refractivity contribution in [2.45, 2.75) is 70.9 Å².